The predicted molar refractivity (Wildman–Crippen MR) is 68.3 cm³/mol. The maximum absolute atomic E-state index is 11.0. The fourth-order valence-corrected chi connectivity index (χ4v) is 2.86. The summed E-state index contributed by atoms with van der Waals surface area (Å²) in [6, 6.07) is 0. The Balaban J connectivity index is -0.000000327. The first-order valence-electron chi connectivity index (χ1n) is 4.01. The summed E-state index contributed by atoms with van der Waals surface area (Å²) in [6.07, 6.45) is 1.18. The van der Waals surface area contributed by atoms with E-state index in [-0.39, 0.29) is 31.5 Å². The minimum absolute atomic E-state index is 0. The van der Waals surface area contributed by atoms with Crippen molar-refractivity contribution in [3.8, 4) is 0 Å². The molecule has 0 aromatic carbocycles. The van der Waals surface area contributed by atoms with Gasteiger partial charge in [0, 0.05) is 0 Å². The van der Waals surface area contributed by atoms with E-state index in [0.717, 1.165) is 0 Å². The fourth-order valence-electron chi connectivity index (χ4n) is 0.746. The first-order chi connectivity index (χ1) is 6.66. The molecule has 0 saturated carbocycles. The first-order valence-corrected chi connectivity index (χ1v) is 7.31. The van der Waals surface area contributed by atoms with Crippen molar-refractivity contribution < 1.29 is 33.2 Å². The molecule has 1 unspecified atom stereocenters. The molecule has 0 radical (unpaired) electrons. The second-order valence-electron chi connectivity index (χ2n) is 2.93. The summed E-state index contributed by atoms with van der Waals surface area (Å²) in [5.41, 5.74) is 0.603. The molecule has 0 spiro atoms. The van der Waals surface area contributed by atoms with E-state index in [2.05, 4.69) is 4.31 Å². The molecular weight excluding hydrogens is 288 g/mol. The predicted octanol–water partition coefficient (Wildman–Crippen LogP) is 1.10. The number of hydrogen-bond donors (Lipinski definition) is 7. The molecule has 0 saturated heterocycles. The van der Waals surface area contributed by atoms with Crippen LogP contribution < -0.4 is 18.5 Å². The third-order valence-electron chi connectivity index (χ3n) is 1.39. The molecule has 0 fully saturated rings. The van der Waals surface area contributed by atoms with Crippen molar-refractivity contribution in [2.24, 2.45) is 0 Å². The van der Waals surface area contributed by atoms with Gasteiger partial charge in [0.1, 0.15) is 0 Å². The van der Waals surface area contributed by atoms with Gasteiger partial charge >= 0.3 is 15.4 Å². The molecular formula is C6H23N3O7P2. The van der Waals surface area contributed by atoms with Gasteiger partial charge in [-0.3, -0.25) is 4.57 Å². The smallest absolute Gasteiger partial charge is 0.392 e. The zero-order valence-corrected chi connectivity index (χ0v) is 12.0. The molecule has 12 heteroatoms. The monoisotopic (exact) mass is 311 g/mol. The Morgan fingerprint density at radius 2 is 1.61 bits per heavy atom. The number of hydrogen-bond acceptors (Lipinski definition) is 7. The van der Waals surface area contributed by atoms with E-state index in [1.165, 1.54) is 6.08 Å². The summed E-state index contributed by atoms with van der Waals surface area (Å²) >= 11 is 0. The second kappa shape index (κ2) is 10.8. The van der Waals surface area contributed by atoms with Crippen molar-refractivity contribution in [2.45, 2.75) is 13.3 Å². The normalized spacial score (nSPS) is 14.6. The average Bonchev–Trinajstić information content (AvgIpc) is 1.98. The summed E-state index contributed by atoms with van der Waals surface area (Å²) in [7, 11) is -9.21. The van der Waals surface area contributed by atoms with E-state index in [1.54, 1.807) is 6.92 Å². The highest BCUT2D eigenvalue weighted by Gasteiger charge is 2.29. The van der Waals surface area contributed by atoms with Gasteiger partial charge in [-0.2, -0.15) is 0 Å². The Morgan fingerprint density at radius 3 is 1.94 bits per heavy atom. The SMILES string of the molecule is C/C(=C\CCP(=O)(O)OP(=O)(O)O)CO.N.N.N. The Hall–Kier alpha value is -0.120. The molecule has 18 heavy (non-hydrogen) atoms. The van der Waals surface area contributed by atoms with Crippen LogP contribution >= 0.6 is 15.4 Å². The maximum atomic E-state index is 11.0. The molecule has 0 bridgehead atoms. The average molecular weight is 311 g/mol. The van der Waals surface area contributed by atoms with Gasteiger partial charge in [0.25, 0.3) is 0 Å². The summed E-state index contributed by atoms with van der Waals surface area (Å²) in [6.45, 7) is 1.45. The topological polar surface area (TPSA) is 229 Å². The summed E-state index contributed by atoms with van der Waals surface area (Å²) < 4.78 is 25.1. The van der Waals surface area contributed by atoms with Crippen LogP contribution in [0.1, 0.15) is 13.3 Å². The van der Waals surface area contributed by atoms with Crippen LogP contribution in [-0.4, -0.2) is 32.6 Å². The van der Waals surface area contributed by atoms with E-state index in [4.69, 9.17) is 19.8 Å². The molecule has 0 heterocycles. The number of allylic oxidation sites excluding steroid dienone is 1. The standard InChI is InChI=1S/C6H14O7P2.3H3N/c1-6(5-7)3-2-4-14(8,9)13-15(10,11)12;;;/h3,7H,2,4-5H2,1H3,(H,8,9)(H2,10,11,12);3*1H3/b6-3+;;;. The fraction of sp³-hybridized carbons (Fsp3) is 0.667. The molecule has 10 nitrogen and oxygen atoms in total. The Bertz CT molecular complexity index is 329. The number of phosphoric acid groups is 1. The van der Waals surface area contributed by atoms with Gasteiger partial charge in [-0.1, -0.05) is 11.6 Å². The minimum Gasteiger partial charge on any atom is -0.392 e. The van der Waals surface area contributed by atoms with Crippen molar-refractivity contribution in [1.82, 2.24) is 18.5 Å². The van der Waals surface area contributed by atoms with E-state index in [1.807, 2.05) is 0 Å². The zero-order valence-electron chi connectivity index (χ0n) is 10.2. The second-order valence-corrected chi connectivity index (χ2v) is 6.29. The van der Waals surface area contributed by atoms with Gasteiger partial charge in [0.15, 0.2) is 0 Å². The van der Waals surface area contributed by atoms with E-state index in [9.17, 15) is 9.13 Å². The highest BCUT2D eigenvalue weighted by molar-refractivity contribution is 7.63. The van der Waals surface area contributed by atoms with Gasteiger partial charge in [-0.15, -0.1) is 0 Å². The van der Waals surface area contributed by atoms with Gasteiger partial charge in [0.2, 0.25) is 0 Å². The Morgan fingerprint density at radius 1 is 1.17 bits per heavy atom. The van der Waals surface area contributed by atoms with Crippen molar-refractivity contribution in [3.63, 3.8) is 0 Å². The third kappa shape index (κ3) is 15.9. The number of aliphatic hydroxyl groups is 1. The Kier molecular flexibility index (Phi) is 15.8. The van der Waals surface area contributed by atoms with Crippen LogP contribution in [0.3, 0.4) is 0 Å². The number of aliphatic hydroxyl groups excluding tert-OH is 1. The van der Waals surface area contributed by atoms with E-state index < -0.39 is 21.6 Å². The highest BCUT2D eigenvalue weighted by Crippen LogP contribution is 2.57. The van der Waals surface area contributed by atoms with Crippen LogP contribution in [-0.2, 0) is 13.4 Å². The largest absolute Gasteiger partial charge is 0.476 e. The van der Waals surface area contributed by atoms with E-state index in [0.29, 0.717) is 5.57 Å². The van der Waals surface area contributed by atoms with Crippen LogP contribution in [0.4, 0.5) is 0 Å². The molecule has 1 atom stereocenters. The lowest BCUT2D eigenvalue weighted by atomic mass is 10.3. The third-order valence-corrected chi connectivity index (χ3v) is 4.08. The van der Waals surface area contributed by atoms with Crippen molar-refractivity contribution in [2.75, 3.05) is 12.8 Å². The molecule has 13 N–H and O–H groups in total. The summed E-state index contributed by atoms with van der Waals surface area (Å²) in [5.74, 6) is 0. The van der Waals surface area contributed by atoms with Crippen LogP contribution in [0.25, 0.3) is 0 Å². The van der Waals surface area contributed by atoms with Crippen molar-refractivity contribution >= 4 is 15.4 Å². The van der Waals surface area contributed by atoms with Gasteiger partial charge < -0.3 is 38.2 Å². The van der Waals surface area contributed by atoms with Crippen LogP contribution in [0, 0.1) is 0 Å². The van der Waals surface area contributed by atoms with E-state index >= 15 is 0 Å². The highest BCUT2D eigenvalue weighted by atomic mass is 31.3. The lowest BCUT2D eigenvalue weighted by Gasteiger charge is -2.11. The van der Waals surface area contributed by atoms with Crippen molar-refractivity contribution in [1.29, 1.82) is 0 Å². The number of rotatable bonds is 6. The lowest BCUT2D eigenvalue weighted by Crippen LogP contribution is -1.93. The molecule has 0 rings (SSSR count). The molecule has 0 amide bonds. The maximum Gasteiger partial charge on any atom is 0.476 e. The molecule has 0 aliphatic carbocycles. The molecule has 0 aliphatic rings. The molecule has 114 valence electrons. The summed E-state index contributed by atoms with van der Waals surface area (Å²) in [4.78, 5) is 25.6. The van der Waals surface area contributed by atoms with Crippen molar-refractivity contribution in [3.05, 3.63) is 11.6 Å². The van der Waals surface area contributed by atoms with Crippen LogP contribution in [0.5, 0.6) is 0 Å². The van der Waals surface area contributed by atoms with Gasteiger partial charge in [-0.05, 0) is 13.3 Å². The summed E-state index contributed by atoms with van der Waals surface area (Å²) in [5, 5.41) is 8.60. The van der Waals surface area contributed by atoms with Gasteiger partial charge in [-0.25, -0.2) is 8.88 Å². The molecule has 0 aliphatic heterocycles. The molecule has 0 aromatic rings. The Labute approximate surface area is 106 Å². The van der Waals surface area contributed by atoms with Gasteiger partial charge in [0.05, 0.1) is 12.8 Å². The van der Waals surface area contributed by atoms with Crippen LogP contribution in [0.15, 0.2) is 11.6 Å². The first kappa shape index (κ1) is 26.4. The lowest BCUT2D eigenvalue weighted by molar-refractivity contribution is 0.263. The minimum atomic E-state index is -4.94. The molecule has 0 aromatic heterocycles. The van der Waals surface area contributed by atoms with Crippen LogP contribution in [0.2, 0.25) is 0 Å². The quantitative estimate of drug-likeness (QED) is 0.272. The zero-order chi connectivity index (χ0) is 12.1.